The largest absolute Gasteiger partial charge is 0.357 e. The Bertz CT molecular complexity index is 558. The van der Waals surface area contributed by atoms with Crippen LogP contribution in [0.25, 0.3) is 0 Å². The first-order valence-electron chi connectivity index (χ1n) is 7.25. The number of rotatable bonds is 6. The first kappa shape index (κ1) is 16.0. The van der Waals surface area contributed by atoms with Crippen LogP contribution in [-0.4, -0.2) is 31.0 Å². The maximum Gasteiger partial charge on any atom is 0.194 e. The number of nitrogens with one attached hydrogen (secondary N) is 1. The molecule has 114 valence electrons. The fourth-order valence-corrected chi connectivity index (χ4v) is 3.55. The summed E-state index contributed by atoms with van der Waals surface area (Å²) in [5.41, 5.74) is 1.33. The molecule has 21 heavy (non-hydrogen) atoms. The minimum absolute atomic E-state index is 0.759. The molecule has 2 aromatic rings. The van der Waals surface area contributed by atoms with Crippen molar-refractivity contribution in [3.05, 3.63) is 44.3 Å². The molecule has 0 unspecified atom stereocenters. The van der Waals surface area contributed by atoms with Crippen LogP contribution in [-0.2, 0) is 13.0 Å². The molecule has 1 N–H and O–H groups in total. The number of aliphatic imine (C=N–C) groups is 1. The Morgan fingerprint density at radius 1 is 1.29 bits per heavy atom. The van der Waals surface area contributed by atoms with Crippen molar-refractivity contribution in [2.75, 3.05) is 20.1 Å². The Labute approximate surface area is 135 Å². The van der Waals surface area contributed by atoms with Gasteiger partial charge in [-0.2, -0.15) is 0 Å². The summed E-state index contributed by atoms with van der Waals surface area (Å²) >= 11 is 3.60. The van der Waals surface area contributed by atoms with Gasteiger partial charge in [-0.15, -0.1) is 22.7 Å². The van der Waals surface area contributed by atoms with Crippen molar-refractivity contribution in [2.24, 2.45) is 4.99 Å². The fraction of sp³-hybridized carbons (Fsp3) is 0.438. The van der Waals surface area contributed by atoms with Crippen LogP contribution in [0, 0.1) is 6.92 Å². The zero-order valence-corrected chi connectivity index (χ0v) is 14.6. The van der Waals surface area contributed by atoms with E-state index in [9.17, 15) is 0 Å². The number of hydrogen-bond acceptors (Lipinski definition) is 3. The van der Waals surface area contributed by atoms with Gasteiger partial charge in [0.15, 0.2) is 5.96 Å². The highest BCUT2D eigenvalue weighted by Gasteiger charge is 2.07. The molecule has 0 saturated carbocycles. The van der Waals surface area contributed by atoms with Gasteiger partial charge in [0.2, 0.25) is 0 Å². The van der Waals surface area contributed by atoms with E-state index >= 15 is 0 Å². The Kier molecular flexibility index (Phi) is 6.26. The van der Waals surface area contributed by atoms with Crippen LogP contribution in [0.2, 0.25) is 0 Å². The molecule has 0 bridgehead atoms. The molecule has 0 aliphatic carbocycles. The normalized spacial score (nSPS) is 11.7. The number of hydrogen-bond donors (Lipinski definition) is 1. The van der Waals surface area contributed by atoms with Crippen LogP contribution in [0.4, 0.5) is 0 Å². The van der Waals surface area contributed by atoms with Gasteiger partial charge in [0.25, 0.3) is 0 Å². The topological polar surface area (TPSA) is 27.6 Å². The van der Waals surface area contributed by atoms with Crippen LogP contribution in [0.3, 0.4) is 0 Å². The van der Waals surface area contributed by atoms with E-state index in [1.165, 1.54) is 15.3 Å². The van der Waals surface area contributed by atoms with Crippen LogP contribution < -0.4 is 5.32 Å². The quantitative estimate of drug-likeness (QED) is 0.648. The van der Waals surface area contributed by atoms with E-state index in [1.54, 1.807) is 11.3 Å². The first-order chi connectivity index (χ1) is 10.2. The van der Waals surface area contributed by atoms with Crippen molar-refractivity contribution < 1.29 is 0 Å². The maximum absolute atomic E-state index is 4.76. The van der Waals surface area contributed by atoms with Crippen molar-refractivity contribution >= 4 is 28.6 Å². The summed E-state index contributed by atoms with van der Waals surface area (Å²) in [4.78, 5) is 9.74. The summed E-state index contributed by atoms with van der Waals surface area (Å²) in [5.74, 6) is 0.988. The molecule has 0 fully saturated rings. The highest BCUT2D eigenvalue weighted by molar-refractivity contribution is 7.10. The predicted octanol–water partition coefficient (Wildman–Crippen LogP) is 3.76. The molecule has 0 atom stereocenters. The molecule has 5 heteroatoms. The molecule has 2 aromatic heterocycles. The summed E-state index contributed by atoms with van der Waals surface area (Å²) in [6.07, 6.45) is 1.07. The molecule has 0 aromatic carbocycles. The highest BCUT2D eigenvalue weighted by Crippen LogP contribution is 2.16. The van der Waals surface area contributed by atoms with Gasteiger partial charge in [-0.25, -0.2) is 4.99 Å². The summed E-state index contributed by atoms with van der Waals surface area (Å²) in [6, 6.07) is 6.46. The second-order valence-electron chi connectivity index (χ2n) is 4.95. The van der Waals surface area contributed by atoms with Gasteiger partial charge >= 0.3 is 0 Å². The highest BCUT2D eigenvalue weighted by atomic mass is 32.1. The predicted molar refractivity (Wildman–Crippen MR) is 94.5 cm³/mol. The minimum atomic E-state index is 0.759. The molecule has 0 aliphatic rings. The maximum atomic E-state index is 4.76. The average molecular weight is 322 g/mol. The third kappa shape index (κ3) is 4.86. The zero-order chi connectivity index (χ0) is 15.1. The average Bonchev–Trinajstić information content (AvgIpc) is 3.12. The standard InChI is InChI=1S/C16H23N3S2/c1-4-17-16(18-12-15-13(2)8-11-21-15)19(3)9-7-14-6-5-10-20-14/h5-6,8,10-11H,4,7,9,12H2,1-3H3,(H,17,18). The monoisotopic (exact) mass is 321 g/mol. The van der Waals surface area contributed by atoms with Crippen LogP contribution in [0.15, 0.2) is 34.0 Å². The lowest BCUT2D eigenvalue weighted by molar-refractivity contribution is 0.486. The third-order valence-corrected chi connectivity index (χ3v) is 5.25. The Balaban J connectivity index is 1.94. The van der Waals surface area contributed by atoms with Crippen molar-refractivity contribution in [3.63, 3.8) is 0 Å². The van der Waals surface area contributed by atoms with E-state index in [0.717, 1.165) is 32.0 Å². The van der Waals surface area contributed by atoms with Gasteiger partial charge < -0.3 is 10.2 Å². The lowest BCUT2D eigenvalue weighted by Crippen LogP contribution is -2.39. The molecule has 0 spiro atoms. The summed E-state index contributed by atoms with van der Waals surface area (Å²) < 4.78 is 0. The molecular formula is C16H23N3S2. The third-order valence-electron chi connectivity index (χ3n) is 3.31. The van der Waals surface area contributed by atoms with E-state index < -0.39 is 0 Å². The van der Waals surface area contributed by atoms with Crippen LogP contribution >= 0.6 is 22.7 Å². The van der Waals surface area contributed by atoms with E-state index in [1.807, 2.05) is 11.3 Å². The smallest absolute Gasteiger partial charge is 0.194 e. The molecule has 2 heterocycles. The first-order valence-corrected chi connectivity index (χ1v) is 9.01. The Hall–Kier alpha value is -1.33. The van der Waals surface area contributed by atoms with E-state index in [4.69, 9.17) is 4.99 Å². The van der Waals surface area contributed by atoms with E-state index in [-0.39, 0.29) is 0 Å². The molecular weight excluding hydrogens is 298 g/mol. The van der Waals surface area contributed by atoms with Crippen LogP contribution in [0.1, 0.15) is 22.2 Å². The second-order valence-corrected chi connectivity index (χ2v) is 6.98. The van der Waals surface area contributed by atoms with Crippen molar-refractivity contribution in [2.45, 2.75) is 26.8 Å². The van der Waals surface area contributed by atoms with Gasteiger partial charge in [0.05, 0.1) is 6.54 Å². The Morgan fingerprint density at radius 3 is 2.76 bits per heavy atom. The molecule has 0 radical (unpaired) electrons. The fourth-order valence-electron chi connectivity index (χ4n) is 2.02. The van der Waals surface area contributed by atoms with Crippen LogP contribution in [0.5, 0.6) is 0 Å². The molecule has 0 aliphatic heterocycles. The number of nitrogens with zero attached hydrogens (tertiary/aromatic N) is 2. The molecule has 2 rings (SSSR count). The van der Waals surface area contributed by atoms with Crippen molar-refractivity contribution in [1.82, 2.24) is 10.2 Å². The van der Waals surface area contributed by atoms with Crippen molar-refractivity contribution in [1.29, 1.82) is 0 Å². The number of likely N-dealkylation sites (N-methyl/N-ethyl adjacent to an activating group) is 1. The summed E-state index contributed by atoms with van der Waals surface area (Å²) in [5, 5.41) is 7.64. The van der Waals surface area contributed by atoms with Gasteiger partial charge in [-0.05, 0) is 48.7 Å². The van der Waals surface area contributed by atoms with E-state index in [2.05, 4.69) is 60.1 Å². The molecule has 0 saturated heterocycles. The van der Waals surface area contributed by atoms with Gasteiger partial charge in [0.1, 0.15) is 0 Å². The number of guanidine groups is 1. The van der Waals surface area contributed by atoms with Gasteiger partial charge in [-0.3, -0.25) is 0 Å². The zero-order valence-electron chi connectivity index (χ0n) is 12.9. The van der Waals surface area contributed by atoms with Gasteiger partial charge in [0, 0.05) is 29.9 Å². The Morgan fingerprint density at radius 2 is 2.14 bits per heavy atom. The summed E-state index contributed by atoms with van der Waals surface area (Å²) in [7, 11) is 2.11. The number of thiophene rings is 2. The second kappa shape index (κ2) is 8.20. The summed E-state index contributed by atoms with van der Waals surface area (Å²) in [6.45, 7) is 6.89. The molecule has 3 nitrogen and oxygen atoms in total. The molecule has 0 amide bonds. The van der Waals surface area contributed by atoms with Crippen molar-refractivity contribution in [3.8, 4) is 0 Å². The lowest BCUT2D eigenvalue weighted by Gasteiger charge is -2.21. The van der Waals surface area contributed by atoms with E-state index in [0.29, 0.717) is 0 Å². The lowest BCUT2D eigenvalue weighted by atomic mass is 10.3. The number of aryl methyl sites for hydroxylation is 1. The minimum Gasteiger partial charge on any atom is -0.357 e. The SMILES string of the molecule is CCNC(=NCc1sccc1C)N(C)CCc1cccs1. The van der Waals surface area contributed by atoms with Gasteiger partial charge in [-0.1, -0.05) is 6.07 Å².